The number of aromatic nitrogens is 3. The Labute approximate surface area is 169 Å². The number of carbonyl (C=O) groups is 1. The predicted octanol–water partition coefficient (Wildman–Crippen LogP) is 3.50. The van der Waals surface area contributed by atoms with E-state index >= 15 is 0 Å². The second-order valence-electron chi connectivity index (χ2n) is 6.53. The zero-order valence-electron chi connectivity index (χ0n) is 15.2. The van der Waals surface area contributed by atoms with Crippen LogP contribution in [-0.4, -0.2) is 33.2 Å². The van der Waals surface area contributed by atoms with Crippen LogP contribution in [0.1, 0.15) is 12.0 Å². The van der Waals surface area contributed by atoms with Crippen LogP contribution in [0.2, 0.25) is 0 Å². The lowest BCUT2D eigenvalue weighted by Crippen LogP contribution is -2.10. The summed E-state index contributed by atoms with van der Waals surface area (Å²) < 4.78 is 43.2. The Morgan fingerprint density at radius 1 is 1.24 bits per heavy atom. The summed E-state index contributed by atoms with van der Waals surface area (Å²) in [6.07, 6.45) is 4.75. The number of aliphatic carboxylic acids is 1. The molecule has 7 nitrogen and oxygen atoms in total. The summed E-state index contributed by atoms with van der Waals surface area (Å²) in [7, 11) is -2.16. The predicted molar refractivity (Wildman–Crippen MR) is 107 cm³/mol. The lowest BCUT2D eigenvalue weighted by atomic mass is 10.1. The minimum atomic E-state index is -3.94. The van der Waals surface area contributed by atoms with Crippen LogP contribution in [0.3, 0.4) is 0 Å². The van der Waals surface area contributed by atoms with Crippen LogP contribution in [0, 0.1) is 5.82 Å². The number of fused-ring (bicyclic) bond motifs is 1. The maximum Gasteiger partial charge on any atom is 0.303 e. The Bertz CT molecular complexity index is 1330. The Hall–Kier alpha value is -2.98. The molecular weight excluding hydrogens is 417 g/mol. The van der Waals surface area contributed by atoms with E-state index in [9.17, 15) is 17.6 Å². The summed E-state index contributed by atoms with van der Waals surface area (Å²) in [5, 5.41) is 13.4. The van der Waals surface area contributed by atoms with Crippen molar-refractivity contribution in [3.63, 3.8) is 0 Å². The van der Waals surface area contributed by atoms with Gasteiger partial charge in [-0.3, -0.25) is 9.48 Å². The van der Waals surface area contributed by atoms with Crippen molar-refractivity contribution in [2.24, 2.45) is 7.05 Å². The molecule has 10 heteroatoms. The summed E-state index contributed by atoms with van der Waals surface area (Å²) in [4.78, 5) is 11.7. The second-order valence-corrected chi connectivity index (χ2v) is 9.66. The first kappa shape index (κ1) is 19.3. The number of carboxylic acids is 1. The fourth-order valence-electron chi connectivity index (χ4n) is 3.14. The third-order valence-corrected chi connectivity index (χ3v) is 7.78. The molecule has 0 atom stereocenters. The van der Waals surface area contributed by atoms with Gasteiger partial charge in [-0.2, -0.15) is 13.5 Å². The zero-order chi connectivity index (χ0) is 20.8. The van der Waals surface area contributed by atoms with Gasteiger partial charge in [0.15, 0.2) is 0 Å². The van der Waals surface area contributed by atoms with Crippen molar-refractivity contribution in [3.8, 4) is 10.4 Å². The Morgan fingerprint density at radius 2 is 2.03 bits per heavy atom. The number of carboxylic acid groups (broad SMARTS) is 1. The molecule has 29 heavy (non-hydrogen) atoms. The van der Waals surface area contributed by atoms with Crippen molar-refractivity contribution in [1.29, 1.82) is 0 Å². The van der Waals surface area contributed by atoms with Crippen LogP contribution in [0.15, 0.2) is 53.1 Å². The van der Waals surface area contributed by atoms with Gasteiger partial charge < -0.3 is 5.11 Å². The summed E-state index contributed by atoms with van der Waals surface area (Å²) in [5.41, 5.74) is 1.58. The molecule has 0 saturated heterocycles. The average Bonchev–Trinajstić information content (AvgIpc) is 3.37. The molecule has 1 aromatic carbocycles. The van der Waals surface area contributed by atoms with Gasteiger partial charge in [-0.05, 0) is 42.3 Å². The van der Waals surface area contributed by atoms with E-state index in [0.717, 1.165) is 25.7 Å². The van der Waals surface area contributed by atoms with Crippen LogP contribution >= 0.6 is 11.3 Å². The van der Waals surface area contributed by atoms with Gasteiger partial charge >= 0.3 is 5.97 Å². The first-order chi connectivity index (χ1) is 13.8. The molecule has 0 aliphatic rings. The highest BCUT2D eigenvalue weighted by atomic mass is 32.2. The number of benzene rings is 1. The number of aryl methyl sites for hydroxylation is 2. The lowest BCUT2D eigenvalue weighted by molar-refractivity contribution is -0.136. The molecule has 0 spiro atoms. The van der Waals surface area contributed by atoms with Crippen molar-refractivity contribution in [2.45, 2.75) is 17.1 Å². The Kier molecular flexibility index (Phi) is 4.75. The van der Waals surface area contributed by atoms with Crippen LogP contribution in [0.25, 0.3) is 21.3 Å². The summed E-state index contributed by atoms with van der Waals surface area (Å²) >= 11 is 1.11. The molecule has 0 amide bonds. The molecule has 0 radical (unpaired) electrons. The van der Waals surface area contributed by atoms with E-state index in [0.29, 0.717) is 16.5 Å². The van der Waals surface area contributed by atoms with Gasteiger partial charge in [0.1, 0.15) is 10.0 Å². The van der Waals surface area contributed by atoms with Crippen molar-refractivity contribution < 1.29 is 22.7 Å². The Balaban J connectivity index is 1.81. The highest BCUT2D eigenvalue weighted by molar-refractivity contribution is 7.92. The maximum absolute atomic E-state index is 13.8. The van der Waals surface area contributed by atoms with Crippen molar-refractivity contribution >= 4 is 38.2 Å². The van der Waals surface area contributed by atoms with E-state index in [1.807, 2.05) is 0 Å². The highest BCUT2D eigenvalue weighted by Gasteiger charge is 2.24. The smallest absolute Gasteiger partial charge is 0.303 e. The summed E-state index contributed by atoms with van der Waals surface area (Å²) in [6.45, 7) is 0. The second kappa shape index (κ2) is 7.12. The van der Waals surface area contributed by atoms with Gasteiger partial charge in [0, 0.05) is 41.7 Å². The number of hydrogen-bond acceptors (Lipinski definition) is 5. The fraction of sp³-hybridized carbons (Fsp3) is 0.158. The largest absolute Gasteiger partial charge is 0.481 e. The SMILES string of the molecule is Cn1cc(-c2ccc(S(=O)(=O)n3cc(CCC(=O)O)c4cc(F)ccc43)s2)cn1. The van der Waals surface area contributed by atoms with Gasteiger partial charge in [0.25, 0.3) is 10.0 Å². The van der Waals surface area contributed by atoms with Gasteiger partial charge in [-0.1, -0.05) is 0 Å². The van der Waals surface area contributed by atoms with Gasteiger partial charge in [-0.25, -0.2) is 8.36 Å². The zero-order valence-corrected chi connectivity index (χ0v) is 16.9. The minimum Gasteiger partial charge on any atom is -0.481 e. The standard InChI is InChI=1S/C19H16FN3O4S2/c1-22-10-13(9-21-22)17-5-7-19(28-17)29(26,27)23-11-12(2-6-18(24)25)15-8-14(20)3-4-16(15)23/h3-5,7-11H,2,6H2,1H3,(H,24,25). The monoisotopic (exact) mass is 433 g/mol. The summed E-state index contributed by atoms with van der Waals surface area (Å²) in [6, 6.07) is 7.04. The molecule has 0 bridgehead atoms. The number of nitrogens with zero attached hydrogens (tertiary/aromatic N) is 3. The van der Waals surface area contributed by atoms with Crippen molar-refractivity contribution in [2.75, 3.05) is 0 Å². The molecular formula is C19H16FN3O4S2. The molecule has 0 aliphatic carbocycles. The molecule has 4 rings (SSSR count). The first-order valence-corrected chi connectivity index (χ1v) is 10.9. The maximum atomic E-state index is 13.8. The van der Waals surface area contributed by atoms with E-state index in [1.165, 1.54) is 30.5 Å². The van der Waals surface area contributed by atoms with Crippen LogP contribution < -0.4 is 0 Å². The quantitative estimate of drug-likeness (QED) is 0.502. The molecule has 3 aromatic heterocycles. The number of rotatable bonds is 6. The van der Waals surface area contributed by atoms with Gasteiger partial charge in [0.05, 0.1) is 11.7 Å². The number of hydrogen-bond donors (Lipinski definition) is 1. The number of halogens is 1. The van der Waals surface area contributed by atoms with Crippen molar-refractivity contribution in [3.05, 3.63) is 60.3 Å². The molecule has 4 aromatic rings. The molecule has 3 heterocycles. The van der Waals surface area contributed by atoms with Crippen LogP contribution in [0.4, 0.5) is 4.39 Å². The first-order valence-electron chi connectivity index (χ1n) is 8.61. The lowest BCUT2D eigenvalue weighted by Gasteiger charge is -2.05. The Morgan fingerprint density at radius 3 is 2.72 bits per heavy atom. The van der Waals surface area contributed by atoms with E-state index < -0.39 is 21.8 Å². The van der Waals surface area contributed by atoms with Gasteiger partial charge in [-0.15, -0.1) is 11.3 Å². The van der Waals surface area contributed by atoms with E-state index in [1.54, 1.807) is 30.2 Å². The molecule has 150 valence electrons. The molecule has 0 saturated carbocycles. The van der Waals surface area contributed by atoms with E-state index in [4.69, 9.17) is 5.11 Å². The van der Waals surface area contributed by atoms with Crippen LogP contribution in [-0.2, 0) is 28.3 Å². The third-order valence-electron chi connectivity index (χ3n) is 4.51. The van der Waals surface area contributed by atoms with E-state index in [-0.39, 0.29) is 17.1 Å². The normalized spacial score (nSPS) is 11.9. The van der Waals surface area contributed by atoms with Crippen LogP contribution in [0.5, 0.6) is 0 Å². The molecule has 1 N–H and O–H groups in total. The fourth-order valence-corrected chi connectivity index (χ4v) is 5.90. The van der Waals surface area contributed by atoms with Gasteiger partial charge in [0.2, 0.25) is 0 Å². The molecule has 0 fully saturated rings. The van der Waals surface area contributed by atoms with E-state index in [2.05, 4.69) is 5.10 Å². The molecule has 0 unspecified atom stereocenters. The molecule has 0 aliphatic heterocycles. The van der Waals surface area contributed by atoms with Crippen molar-refractivity contribution in [1.82, 2.24) is 13.8 Å². The summed E-state index contributed by atoms with van der Waals surface area (Å²) in [5.74, 6) is -1.52. The number of thiophene rings is 1. The topological polar surface area (TPSA) is 94.2 Å². The highest BCUT2D eigenvalue weighted by Crippen LogP contribution is 2.34. The average molecular weight is 433 g/mol. The third kappa shape index (κ3) is 3.56. The minimum absolute atomic E-state index is 0.100.